The highest BCUT2D eigenvalue weighted by Gasteiger charge is 2.15. The molecule has 3 N–H and O–H groups in total. The van der Waals surface area contributed by atoms with Crippen LogP contribution < -0.4 is 10.5 Å². The fraction of sp³-hybridized carbons (Fsp3) is 0.0833. The van der Waals surface area contributed by atoms with E-state index in [1.54, 1.807) is 31.4 Å². The van der Waals surface area contributed by atoms with Crippen molar-refractivity contribution >= 4 is 5.91 Å². The molecule has 18 heavy (non-hydrogen) atoms. The van der Waals surface area contributed by atoms with Crippen molar-refractivity contribution in [2.24, 2.45) is 5.73 Å². The molecule has 0 saturated heterocycles. The van der Waals surface area contributed by atoms with E-state index in [-0.39, 0.29) is 11.4 Å². The van der Waals surface area contributed by atoms with Crippen LogP contribution in [0, 0.1) is 11.3 Å². The minimum absolute atomic E-state index is 0.00619. The van der Waals surface area contributed by atoms with Gasteiger partial charge in [-0.3, -0.25) is 4.79 Å². The number of nitriles is 1. The molecule has 2 rings (SSSR count). The lowest BCUT2D eigenvalue weighted by Crippen LogP contribution is -2.13. The second-order valence-electron chi connectivity index (χ2n) is 3.51. The number of nitrogens with two attached hydrogens (primary N) is 1. The lowest BCUT2D eigenvalue weighted by molar-refractivity contribution is 0.0996. The van der Waals surface area contributed by atoms with E-state index < -0.39 is 5.91 Å². The Labute approximate surface area is 103 Å². The number of benzene rings is 1. The third-order valence-corrected chi connectivity index (χ3v) is 2.42. The first kappa shape index (κ1) is 11.7. The number of ether oxygens (including phenoxy) is 1. The Morgan fingerprint density at radius 2 is 2.11 bits per heavy atom. The zero-order chi connectivity index (χ0) is 13.1. The molecule has 0 unspecified atom stereocenters. The van der Waals surface area contributed by atoms with Gasteiger partial charge in [0.15, 0.2) is 5.69 Å². The fourth-order valence-corrected chi connectivity index (χ4v) is 1.52. The summed E-state index contributed by atoms with van der Waals surface area (Å²) in [7, 11) is 1.57. The van der Waals surface area contributed by atoms with Crippen LogP contribution in [-0.2, 0) is 0 Å². The van der Waals surface area contributed by atoms with Crippen LogP contribution in [0.4, 0.5) is 0 Å². The fourth-order valence-electron chi connectivity index (χ4n) is 1.52. The summed E-state index contributed by atoms with van der Waals surface area (Å²) in [6, 6.07) is 8.87. The van der Waals surface area contributed by atoms with E-state index in [2.05, 4.69) is 9.97 Å². The number of methoxy groups -OCH3 is 1. The quantitative estimate of drug-likeness (QED) is 0.839. The molecule has 1 heterocycles. The number of imidazole rings is 1. The van der Waals surface area contributed by atoms with Crippen LogP contribution in [0.25, 0.3) is 11.4 Å². The standard InChI is InChI=1S/C12H10N4O2/c1-18-8-4-2-7(3-5-8)12-15-9(6-13)10(16-12)11(14)17/h2-5H,1H3,(H2,14,17)(H,15,16). The summed E-state index contributed by atoms with van der Waals surface area (Å²) in [5.74, 6) is 0.419. The molecule has 0 aliphatic heterocycles. The number of amides is 1. The third kappa shape index (κ3) is 2.01. The molecule has 0 aliphatic rings. The van der Waals surface area contributed by atoms with Gasteiger partial charge in [-0.15, -0.1) is 0 Å². The smallest absolute Gasteiger partial charge is 0.268 e. The Bertz CT molecular complexity index is 623. The van der Waals surface area contributed by atoms with Gasteiger partial charge in [-0.2, -0.15) is 5.26 Å². The predicted octanol–water partition coefficient (Wildman–Crippen LogP) is 1.06. The topological polar surface area (TPSA) is 105 Å². The highest BCUT2D eigenvalue weighted by atomic mass is 16.5. The minimum Gasteiger partial charge on any atom is -0.497 e. The van der Waals surface area contributed by atoms with Gasteiger partial charge in [0, 0.05) is 5.56 Å². The summed E-state index contributed by atoms with van der Waals surface area (Å²) < 4.78 is 5.04. The number of nitrogens with one attached hydrogen (secondary N) is 1. The zero-order valence-corrected chi connectivity index (χ0v) is 9.60. The summed E-state index contributed by atoms with van der Waals surface area (Å²) in [4.78, 5) is 17.9. The van der Waals surface area contributed by atoms with Gasteiger partial charge in [0.1, 0.15) is 23.3 Å². The number of carbonyl (C=O) groups is 1. The number of rotatable bonds is 3. The van der Waals surface area contributed by atoms with Gasteiger partial charge in [-0.1, -0.05) is 0 Å². The van der Waals surface area contributed by atoms with Crippen LogP contribution in [0.3, 0.4) is 0 Å². The van der Waals surface area contributed by atoms with Crippen molar-refractivity contribution < 1.29 is 9.53 Å². The molecule has 6 heteroatoms. The van der Waals surface area contributed by atoms with Crippen LogP contribution in [0.1, 0.15) is 16.2 Å². The van der Waals surface area contributed by atoms with Crippen molar-refractivity contribution in [1.29, 1.82) is 5.26 Å². The van der Waals surface area contributed by atoms with Crippen molar-refractivity contribution in [1.82, 2.24) is 9.97 Å². The minimum atomic E-state index is -0.709. The maximum atomic E-state index is 11.1. The molecule has 1 amide bonds. The number of hydrogen-bond donors (Lipinski definition) is 2. The molecular weight excluding hydrogens is 232 g/mol. The van der Waals surface area contributed by atoms with Crippen LogP contribution in [0.2, 0.25) is 0 Å². The van der Waals surface area contributed by atoms with Crippen LogP contribution in [0.5, 0.6) is 5.75 Å². The number of H-pyrrole nitrogens is 1. The average Bonchev–Trinajstić information content (AvgIpc) is 2.83. The first-order valence-corrected chi connectivity index (χ1v) is 5.10. The molecule has 2 aromatic rings. The van der Waals surface area contributed by atoms with Crippen molar-refractivity contribution in [2.45, 2.75) is 0 Å². The zero-order valence-electron chi connectivity index (χ0n) is 9.60. The highest BCUT2D eigenvalue weighted by molar-refractivity contribution is 5.93. The molecule has 0 fully saturated rings. The van der Waals surface area contributed by atoms with E-state index in [0.29, 0.717) is 11.6 Å². The van der Waals surface area contributed by atoms with Crippen molar-refractivity contribution in [3.8, 4) is 23.2 Å². The number of primary amides is 1. The Balaban J connectivity index is 2.45. The Morgan fingerprint density at radius 3 is 2.56 bits per heavy atom. The SMILES string of the molecule is COc1ccc(-c2nc(C#N)c(C(N)=O)[nH]2)cc1. The average molecular weight is 242 g/mol. The maximum absolute atomic E-state index is 11.1. The monoisotopic (exact) mass is 242 g/mol. The molecule has 0 spiro atoms. The molecule has 0 saturated carbocycles. The third-order valence-electron chi connectivity index (χ3n) is 2.42. The lowest BCUT2D eigenvalue weighted by atomic mass is 10.2. The molecule has 1 aromatic heterocycles. The van der Waals surface area contributed by atoms with E-state index in [9.17, 15) is 4.79 Å². The van der Waals surface area contributed by atoms with Crippen LogP contribution in [-0.4, -0.2) is 23.0 Å². The van der Waals surface area contributed by atoms with Crippen LogP contribution in [0.15, 0.2) is 24.3 Å². The first-order valence-electron chi connectivity index (χ1n) is 5.10. The van der Waals surface area contributed by atoms with Gasteiger partial charge in [0.2, 0.25) is 0 Å². The van der Waals surface area contributed by atoms with Crippen molar-refractivity contribution in [3.05, 3.63) is 35.7 Å². The Hall–Kier alpha value is -2.81. The van der Waals surface area contributed by atoms with E-state index in [0.717, 1.165) is 5.56 Å². The summed E-state index contributed by atoms with van der Waals surface area (Å²) in [6.45, 7) is 0. The number of nitrogens with zero attached hydrogens (tertiary/aromatic N) is 2. The van der Waals surface area contributed by atoms with Gasteiger partial charge >= 0.3 is 0 Å². The molecule has 1 aromatic carbocycles. The summed E-state index contributed by atoms with van der Waals surface area (Å²) in [5.41, 5.74) is 5.89. The van der Waals surface area contributed by atoms with E-state index >= 15 is 0 Å². The van der Waals surface area contributed by atoms with E-state index in [1.807, 2.05) is 6.07 Å². The summed E-state index contributed by atoms with van der Waals surface area (Å²) in [6.07, 6.45) is 0. The largest absolute Gasteiger partial charge is 0.497 e. The first-order chi connectivity index (χ1) is 8.65. The number of carbonyl (C=O) groups excluding carboxylic acids is 1. The van der Waals surface area contributed by atoms with Gasteiger partial charge in [0.25, 0.3) is 5.91 Å². The Kier molecular flexibility index (Phi) is 2.98. The summed E-state index contributed by atoms with van der Waals surface area (Å²) in [5, 5.41) is 8.85. The number of hydrogen-bond acceptors (Lipinski definition) is 4. The van der Waals surface area contributed by atoms with Crippen molar-refractivity contribution in [2.75, 3.05) is 7.11 Å². The number of aromatic amines is 1. The molecule has 0 bridgehead atoms. The van der Waals surface area contributed by atoms with E-state index in [1.165, 1.54) is 0 Å². The van der Waals surface area contributed by atoms with Crippen molar-refractivity contribution in [3.63, 3.8) is 0 Å². The summed E-state index contributed by atoms with van der Waals surface area (Å²) >= 11 is 0. The highest BCUT2D eigenvalue weighted by Crippen LogP contribution is 2.21. The lowest BCUT2D eigenvalue weighted by Gasteiger charge is -2.00. The maximum Gasteiger partial charge on any atom is 0.268 e. The van der Waals surface area contributed by atoms with E-state index in [4.69, 9.17) is 15.7 Å². The second kappa shape index (κ2) is 4.59. The van der Waals surface area contributed by atoms with Gasteiger partial charge in [-0.25, -0.2) is 4.98 Å². The molecule has 90 valence electrons. The second-order valence-corrected chi connectivity index (χ2v) is 3.51. The van der Waals surface area contributed by atoms with Gasteiger partial charge < -0.3 is 15.5 Å². The molecular formula is C12H10N4O2. The molecule has 6 nitrogen and oxygen atoms in total. The van der Waals surface area contributed by atoms with Gasteiger partial charge in [-0.05, 0) is 24.3 Å². The molecule has 0 radical (unpaired) electrons. The molecule has 0 atom stereocenters. The molecule has 0 aliphatic carbocycles. The predicted molar refractivity (Wildman–Crippen MR) is 63.8 cm³/mol. The normalized spacial score (nSPS) is 9.78. The Morgan fingerprint density at radius 1 is 1.44 bits per heavy atom. The van der Waals surface area contributed by atoms with Crippen LogP contribution >= 0.6 is 0 Å². The van der Waals surface area contributed by atoms with Gasteiger partial charge in [0.05, 0.1) is 7.11 Å². The number of aromatic nitrogens is 2.